The Balaban J connectivity index is 1.64. The summed E-state index contributed by atoms with van der Waals surface area (Å²) in [6, 6.07) is 6.23. The third-order valence-corrected chi connectivity index (χ3v) is 6.31. The van der Waals surface area contributed by atoms with Crippen molar-refractivity contribution in [2.45, 2.75) is 63.7 Å². The number of hydrazine groups is 1. The number of hydrogen-bond donors (Lipinski definition) is 3. The molecular weight excluding hydrogens is 364 g/mol. The summed E-state index contributed by atoms with van der Waals surface area (Å²) >= 11 is 6.57. The number of anilines is 1. The molecule has 3 N–H and O–H groups in total. The second-order valence-corrected chi connectivity index (χ2v) is 8.26. The van der Waals surface area contributed by atoms with Crippen LogP contribution in [0.4, 0.5) is 5.69 Å². The SMILES string of the molecule is CCCCOc1ccc(Cl)c(N2NC(C)C3C(=O)NC4CCCNC4C32)c1. The molecule has 0 radical (unpaired) electrons. The number of nitrogens with zero attached hydrogens (tertiary/aromatic N) is 1. The Morgan fingerprint density at radius 3 is 3.04 bits per heavy atom. The number of benzene rings is 1. The number of rotatable bonds is 5. The van der Waals surface area contributed by atoms with Gasteiger partial charge in [0.2, 0.25) is 5.91 Å². The van der Waals surface area contributed by atoms with Crippen molar-refractivity contribution in [3.63, 3.8) is 0 Å². The van der Waals surface area contributed by atoms with Gasteiger partial charge in [0.1, 0.15) is 5.75 Å². The standard InChI is InChI=1S/C20H29ClN4O2/c1-3-4-10-27-13-7-8-14(21)16(11-13)25-19-17(12(2)24-25)20(26)23-15-6-5-9-22-18(15)19/h7-8,11-12,15,17-19,22,24H,3-6,9-10H2,1-2H3,(H,23,26). The molecule has 0 bridgehead atoms. The molecule has 3 heterocycles. The maximum absolute atomic E-state index is 12.8. The van der Waals surface area contributed by atoms with Crippen LogP contribution in [0.2, 0.25) is 5.02 Å². The van der Waals surface area contributed by atoms with Crippen molar-refractivity contribution in [3.05, 3.63) is 23.2 Å². The predicted octanol–water partition coefficient (Wildman–Crippen LogP) is 2.47. The zero-order valence-electron chi connectivity index (χ0n) is 16.0. The summed E-state index contributed by atoms with van der Waals surface area (Å²) in [5, 5.41) is 9.64. The average Bonchev–Trinajstić information content (AvgIpc) is 3.01. The largest absolute Gasteiger partial charge is 0.494 e. The average molecular weight is 393 g/mol. The lowest BCUT2D eigenvalue weighted by molar-refractivity contribution is -0.129. The minimum atomic E-state index is -0.113. The van der Waals surface area contributed by atoms with E-state index in [-0.39, 0.29) is 36.0 Å². The van der Waals surface area contributed by atoms with Crippen LogP contribution in [0.5, 0.6) is 5.75 Å². The van der Waals surface area contributed by atoms with Crippen molar-refractivity contribution >= 4 is 23.2 Å². The number of carbonyl (C=O) groups excluding carboxylic acids is 1. The smallest absolute Gasteiger partial charge is 0.227 e. The van der Waals surface area contributed by atoms with Crippen molar-refractivity contribution in [2.75, 3.05) is 18.2 Å². The highest BCUT2D eigenvalue weighted by atomic mass is 35.5. The molecule has 3 saturated heterocycles. The first-order valence-corrected chi connectivity index (χ1v) is 10.5. The van der Waals surface area contributed by atoms with Crippen LogP contribution < -0.4 is 25.8 Å². The molecule has 4 rings (SSSR count). The van der Waals surface area contributed by atoms with Crippen LogP contribution in [0, 0.1) is 5.92 Å². The lowest BCUT2D eigenvalue weighted by Crippen LogP contribution is -2.69. The third-order valence-electron chi connectivity index (χ3n) is 6.00. The van der Waals surface area contributed by atoms with E-state index in [2.05, 4.69) is 34.9 Å². The van der Waals surface area contributed by atoms with Crippen LogP contribution in [-0.4, -0.2) is 43.2 Å². The van der Waals surface area contributed by atoms with Gasteiger partial charge < -0.3 is 20.4 Å². The van der Waals surface area contributed by atoms with Crippen molar-refractivity contribution in [1.82, 2.24) is 16.1 Å². The Bertz CT molecular complexity index is 701. The number of unbranched alkanes of at least 4 members (excludes halogenated alkanes) is 1. The Hall–Kier alpha value is -1.50. The second-order valence-electron chi connectivity index (χ2n) is 7.86. The molecule has 6 nitrogen and oxygen atoms in total. The fourth-order valence-electron chi connectivity index (χ4n) is 4.65. The molecule has 27 heavy (non-hydrogen) atoms. The number of amides is 1. The molecule has 148 valence electrons. The molecule has 1 aromatic rings. The number of fused-ring (bicyclic) bond motifs is 3. The van der Waals surface area contributed by atoms with Crippen molar-refractivity contribution in [3.8, 4) is 5.75 Å². The van der Waals surface area contributed by atoms with Gasteiger partial charge in [0.05, 0.1) is 35.3 Å². The number of piperidine rings is 2. The highest BCUT2D eigenvalue weighted by molar-refractivity contribution is 6.33. The van der Waals surface area contributed by atoms with Crippen LogP contribution in [0.25, 0.3) is 0 Å². The molecule has 0 saturated carbocycles. The van der Waals surface area contributed by atoms with E-state index in [0.29, 0.717) is 11.6 Å². The molecule has 3 aliphatic heterocycles. The van der Waals surface area contributed by atoms with Gasteiger partial charge in [0, 0.05) is 18.2 Å². The minimum Gasteiger partial charge on any atom is -0.494 e. The van der Waals surface area contributed by atoms with Gasteiger partial charge in [-0.2, -0.15) is 0 Å². The van der Waals surface area contributed by atoms with E-state index in [9.17, 15) is 4.79 Å². The summed E-state index contributed by atoms with van der Waals surface area (Å²) in [6.45, 7) is 5.89. The van der Waals surface area contributed by atoms with Crippen LogP contribution >= 0.6 is 11.6 Å². The Morgan fingerprint density at radius 1 is 1.37 bits per heavy atom. The number of ether oxygens (including phenoxy) is 1. The van der Waals surface area contributed by atoms with Gasteiger partial charge in [-0.25, -0.2) is 5.43 Å². The van der Waals surface area contributed by atoms with E-state index in [1.54, 1.807) is 0 Å². The van der Waals surface area contributed by atoms with Gasteiger partial charge in [-0.1, -0.05) is 24.9 Å². The van der Waals surface area contributed by atoms with Gasteiger partial charge >= 0.3 is 0 Å². The summed E-state index contributed by atoms with van der Waals surface area (Å²) in [7, 11) is 0. The first-order valence-electron chi connectivity index (χ1n) is 10.1. The van der Waals surface area contributed by atoms with Gasteiger partial charge in [0.15, 0.2) is 0 Å². The van der Waals surface area contributed by atoms with E-state index in [4.69, 9.17) is 16.3 Å². The zero-order chi connectivity index (χ0) is 19.0. The minimum absolute atomic E-state index is 0.0300. The quantitative estimate of drug-likeness (QED) is 0.672. The van der Waals surface area contributed by atoms with Gasteiger partial charge in [-0.3, -0.25) is 4.79 Å². The normalized spacial score (nSPS) is 32.6. The lowest BCUT2D eigenvalue weighted by Gasteiger charge is -2.46. The second kappa shape index (κ2) is 7.86. The molecule has 1 amide bonds. The highest BCUT2D eigenvalue weighted by Gasteiger charge is 2.54. The van der Waals surface area contributed by atoms with Gasteiger partial charge in [0.25, 0.3) is 0 Å². The molecule has 5 atom stereocenters. The Morgan fingerprint density at radius 2 is 2.22 bits per heavy atom. The number of hydrogen-bond acceptors (Lipinski definition) is 5. The zero-order valence-corrected chi connectivity index (χ0v) is 16.8. The highest BCUT2D eigenvalue weighted by Crippen LogP contribution is 2.39. The topological polar surface area (TPSA) is 65.6 Å². The van der Waals surface area contributed by atoms with E-state index in [0.717, 1.165) is 43.7 Å². The molecular formula is C20H29ClN4O2. The molecule has 3 aliphatic rings. The summed E-state index contributed by atoms with van der Waals surface area (Å²) in [5.41, 5.74) is 4.38. The van der Waals surface area contributed by atoms with E-state index >= 15 is 0 Å². The molecule has 5 unspecified atom stereocenters. The lowest BCUT2D eigenvalue weighted by atomic mass is 9.79. The number of carbonyl (C=O) groups is 1. The van der Waals surface area contributed by atoms with Crippen LogP contribution in [0.15, 0.2) is 18.2 Å². The van der Waals surface area contributed by atoms with Crippen LogP contribution in [-0.2, 0) is 4.79 Å². The van der Waals surface area contributed by atoms with E-state index < -0.39 is 0 Å². The summed E-state index contributed by atoms with van der Waals surface area (Å²) < 4.78 is 5.88. The van der Waals surface area contributed by atoms with Gasteiger partial charge in [-0.15, -0.1) is 0 Å². The maximum Gasteiger partial charge on any atom is 0.227 e. The molecule has 0 aromatic heterocycles. The Kier molecular flexibility index (Phi) is 5.48. The summed E-state index contributed by atoms with van der Waals surface area (Å²) in [5.74, 6) is 0.839. The van der Waals surface area contributed by atoms with Gasteiger partial charge in [-0.05, 0) is 44.9 Å². The number of halogens is 1. The molecule has 0 spiro atoms. The van der Waals surface area contributed by atoms with Crippen LogP contribution in [0.1, 0.15) is 39.5 Å². The van der Waals surface area contributed by atoms with Crippen LogP contribution in [0.3, 0.4) is 0 Å². The summed E-state index contributed by atoms with van der Waals surface area (Å²) in [6.07, 6.45) is 4.22. The Labute approximate surface area is 165 Å². The first kappa shape index (κ1) is 18.8. The van der Waals surface area contributed by atoms with E-state index in [1.807, 2.05) is 18.2 Å². The van der Waals surface area contributed by atoms with Crippen molar-refractivity contribution in [1.29, 1.82) is 0 Å². The first-order chi connectivity index (χ1) is 13.1. The predicted molar refractivity (Wildman–Crippen MR) is 107 cm³/mol. The third kappa shape index (κ3) is 3.50. The summed E-state index contributed by atoms with van der Waals surface area (Å²) in [4.78, 5) is 12.8. The molecule has 3 fully saturated rings. The fourth-order valence-corrected chi connectivity index (χ4v) is 4.86. The van der Waals surface area contributed by atoms with Crippen molar-refractivity contribution < 1.29 is 9.53 Å². The maximum atomic E-state index is 12.8. The monoisotopic (exact) mass is 392 g/mol. The van der Waals surface area contributed by atoms with Crippen molar-refractivity contribution in [2.24, 2.45) is 5.92 Å². The molecule has 1 aromatic carbocycles. The fraction of sp³-hybridized carbons (Fsp3) is 0.650. The number of nitrogens with one attached hydrogen (secondary N) is 3. The molecule has 7 heteroatoms. The molecule has 0 aliphatic carbocycles. The van der Waals surface area contributed by atoms with E-state index in [1.165, 1.54) is 0 Å².